The van der Waals surface area contributed by atoms with Crippen molar-refractivity contribution in [3.63, 3.8) is 0 Å². The van der Waals surface area contributed by atoms with Gasteiger partial charge in [-0.3, -0.25) is 24.0 Å². The maximum absolute atomic E-state index is 13.9. The molecule has 11 heteroatoms. The Bertz CT molecular complexity index is 1240. The molecule has 4 aliphatic heterocycles. The van der Waals surface area contributed by atoms with Crippen LogP contribution in [0.15, 0.2) is 24.4 Å². The molecular formula is C21H19Cl2N5O4. The fraction of sp³-hybridized carbons (Fsp3) is 0.429. The lowest BCUT2D eigenvalue weighted by atomic mass is 9.74. The molecule has 0 radical (unpaired) electrons. The van der Waals surface area contributed by atoms with Gasteiger partial charge in [-0.05, 0) is 25.5 Å². The minimum atomic E-state index is -1.50. The van der Waals surface area contributed by atoms with Crippen LogP contribution >= 0.6 is 23.2 Å². The van der Waals surface area contributed by atoms with Crippen molar-refractivity contribution in [2.24, 2.45) is 18.9 Å². The number of carbonyl (C=O) groups excluding carboxylic acids is 3. The number of carbonyl (C=O) groups is 3. The maximum atomic E-state index is 13.9. The number of benzene rings is 1. The molecule has 2 aromatic rings. The lowest BCUT2D eigenvalue weighted by molar-refractivity contribution is -0.136. The average Bonchev–Trinajstić information content (AvgIpc) is 3.43. The van der Waals surface area contributed by atoms with E-state index in [-0.39, 0.29) is 18.0 Å². The smallest absolute Gasteiger partial charge is 0.250 e. The summed E-state index contributed by atoms with van der Waals surface area (Å²) in [6.07, 6.45) is 1.76. The van der Waals surface area contributed by atoms with Crippen molar-refractivity contribution in [2.75, 3.05) is 16.8 Å². The van der Waals surface area contributed by atoms with Crippen molar-refractivity contribution < 1.29 is 19.5 Å². The number of aliphatic hydroxyl groups is 1. The van der Waals surface area contributed by atoms with Crippen molar-refractivity contribution in [1.29, 1.82) is 0 Å². The van der Waals surface area contributed by atoms with Crippen LogP contribution in [0, 0.1) is 11.8 Å². The second-order valence-corrected chi connectivity index (χ2v) is 10.1. The van der Waals surface area contributed by atoms with Crippen LogP contribution in [0.2, 0.25) is 10.0 Å². The third-order valence-corrected chi connectivity index (χ3v) is 7.82. The van der Waals surface area contributed by atoms with E-state index in [1.54, 1.807) is 26.1 Å². The Kier molecular flexibility index (Phi) is 3.85. The van der Waals surface area contributed by atoms with E-state index in [0.717, 1.165) is 4.90 Å². The normalized spacial score (nSPS) is 35.6. The Morgan fingerprint density at radius 1 is 1.22 bits per heavy atom. The maximum Gasteiger partial charge on any atom is 0.250 e. The van der Waals surface area contributed by atoms with Crippen LogP contribution in [0.4, 0.5) is 11.5 Å². The molecule has 3 fully saturated rings. The Balaban J connectivity index is 1.61. The number of hydrogen-bond acceptors (Lipinski definition) is 6. The number of amides is 3. The van der Waals surface area contributed by atoms with Crippen LogP contribution in [-0.4, -0.2) is 55.7 Å². The summed E-state index contributed by atoms with van der Waals surface area (Å²) in [5, 5.41) is 18.4. The summed E-state index contributed by atoms with van der Waals surface area (Å²) in [6.45, 7) is 1.81. The molecule has 1 aromatic heterocycles. The van der Waals surface area contributed by atoms with E-state index in [4.69, 9.17) is 23.2 Å². The van der Waals surface area contributed by atoms with E-state index in [1.165, 1.54) is 16.9 Å². The Hall–Kier alpha value is -2.46. The van der Waals surface area contributed by atoms with Gasteiger partial charge in [0.05, 0.1) is 34.3 Å². The van der Waals surface area contributed by atoms with Gasteiger partial charge in [-0.2, -0.15) is 5.10 Å². The number of aromatic nitrogens is 2. The van der Waals surface area contributed by atoms with Crippen LogP contribution < -0.4 is 10.2 Å². The van der Waals surface area contributed by atoms with E-state index in [0.29, 0.717) is 22.1 Å². The summed E-state index contributed by atoms with van der Waals surface area (Å²) in [7, 11) is 1.64. The second kappa shape index (κ2) is 6.11. The molecule has 0 bridgehead atoms. The van der Waals surface area contributed by atoms with Gasteiger partial charge in [0.2, 0.25) is 11.8 Å². The summed E-state index contributed by atoms with van der Waals surface area (Å²) in [5.74, 6) is -2.77. The SMILES string of the molecule is Cn1nccc1N1C(=O)C2C3C[C@](C)(O)CN3C3(C(=O)Nc4c(Cl)cc(Cl)cc43)C2C1=O. The Morgan fingerprint density at radius 2 is 1.97 bits per heavy atom. The number of rotatable bonds is 1. The number of nitrogens with zero attached hydrogens (tertiary/aromatic N) is 4. The molecule has 1 spiro atoms. The highest BCUT2D eigenvalue weighted by atomic mass is 35.5. The number of fused-ring (bicyclic) bond motifs is 7. The summed E-state index contributed by atoms with van der Waals surface area (Å²) in [6, 6.07) is 4.23. The molecule has 5 atom stereocenters. The fourth-order valence-corrected chi connectivity index (χ4v) is 6.79. The van der Waals surface area contributed by atoms with Gasteiger partial charge < -0.3 is 10.4 Å². The molecule has 2 N–H and O–H groups in total. The fourth-order valence-electron chi connectivity index (χ4n) is 6.25. The van der Waals surface area contributed by atoms with Crippen LogP contribution in [0.3, 0.4) is 0 Å². The first-order valence-corrected chi connectivity index (χ1v) is 11.0. The zero-order valence-electron chi connectivity index (χ0n) is 17.2. The van der Waals surface area contributed by atoms with Crippen LogP contribution in [0.5, 0.6) is 0 Å². The first-order valence-electron chi connectivity index (χ1n) is 10.2. The third kappa shape index (κ3) is 2.22. The van der Waals surface area contributed by atoms with Crippen LogP contribution in [0.25, 0.3) is 0 Å². The molecular weight excluding hydrogens is 457 g/mol. The monoisotopic (exact) mass is 475 g/mol. The van der Waals surface area contributed by atoms with E-state index >= 15 is 0 Å². The highest BCUT2D eigenvalue weighted by Crippen LogP contribution is 2.62. The molecule has 6 rings (SSSR count). The molecule has 5 heterocycles. The van der Waals surface area contributed by atoms with Crippen molar-refractivity contribution >= 4 is 52.4 Å². The third-order valence-electron chi connectivity index (χ3n) is 7.30. The molecule has 0 aliphatic carbocycles. The number of hydrogen-bond donors (Lipinski definition) is 2. The second-order valence-electron chi connectivity index (χ2n) is 9.26. The molecule has 4 aliphatic rings. The summed E-state index contributed by atoms with van der Waals surface area (Å²) in [5.41, 5.74) is -1.79. The molecule has 3 saturated heterocycles. The van der Waals surface area contributed by atoms with Gasteiger partial charge in [0, 0.05) is 36.3 Å². The summed E-state index contributed by atoms with van der Waals surface area (Å²) in [4.78, 5) is 44.1. The molecule has 32 heavy (non-hydrogen) atoms. The van der Waals surface area contributed by atoms with Gasteiger partial charge in [-0.1, -0.05) is 23.2 Å². The molecule has 1 aromatic carbocycles. The largest absolute Gasteiger partial charge is 0.389 e. The van der Waals surface area contributed by atoms with E-state index < -0.39 is 46.7 Å². The molecule has 3 amide bonds. The molecule has 166 valence electrons. The predicted molar refractivity (Wildman–Crippen MR) is 115 cm³/mol. The minimum absolute atomic E-state index is 0.133. The Labute approximate surface area is 192 Å². The molecule has 9 nitrogen and oxygen atoms in total. The van der Waals surface area contributed by atoms with Gasteiger partial charge in [0.1, 0.15) is 11.4 Å². The standard InChI is InChI=1S/C21H19Cl2N5O4/c1-20(32)7-12-14-15(18(30)28(17(14)29)13-3-4-24-26(13)2)21(27(12)8-20)10-5-9(22)6-11(23)16(10)25-19(21)31/h3-6,12,14-15,32H,7-8H2,1-2H3,(H,25,31)/t12?,14?,15?,20-,21?/m0/s1. The number of aryl methyl sites for hydroxylation is 1. The Morgan fingerprint density at radius 3 is 2.66 bits per heavy atom. The van der Waals surface area contributed by atoms with Gasteiger partial charge in [-0.15, -0.1) is 0 Å². The topological polar surface area (TPSA) is 108 Å². The zero-order valence-corrected chi connectivity index (χ0v) is 18.7. The first kappa shape index (κ1) is 20.2. The van der Waals surface area contributed by atoms with Gasteiger partial charge in [0.15, 0.2) is 0 Å². The van der Waals surface area contributed by atoms with Crippen molar-refractivity contribution in [3.05, 3.63) is 40.0 Å². The average molecular weight is 476 g/mol. The first-order chi connectivity index (χ1) is 15.1. The van der Waals surface area contributed by atoms with Gasteiger partial charge in [-0.25, -0.2) is 4.90 Å². The number of nitrogens with one attached hydrogen (secondary N) is 1. The highest BCUT2D eigenvalue weighted by Gasteiger charge is 2.76. The zero-order chi connectivity index (χ0) is 22.7. The summed E-state index contributed by atoms with van der Waals surface area (Å²) < 4.78 is 1.45. The van der Waals surface area contributed by atoms with Gasteiger partial charge >= 0.3 is 0 Å². The lowest BCUT2D eigenvalue weighted by Gasteiger charge is -2.37. The van der Waals surface area contributed by atoms with Crippen LogP contribution in [-0.2, 0) is 27.0 Å². The lowest BCUT2D eigenvalue weighted by Crippen LogP contribution is -2.55. The van der Waals surface area contributed by atoms with Gasteiger partial charge in [0.25, 0.3) is 5.91 Å². The minimum Gasteiger partial charge on any atom is -0.389 e. The predicted octanol–water partition coefficient (Wildman–Crippen LogP) is 1.52. The highest BCUT2D eigenvalue weighted by molar-refractivity contribution is 6.38. The molecule has 4 unspecified atom stereocenters. The number of anilines is 2. The number of halogens is 2. The molecule has 0 saturated carbocycles. The van der Waals surface area contributed by atoms with E-state index in [9.17, 15) is 19.5 Å². The van der Waals surface area contributed by atoms with Crippen molar-refractivity contribution in [3.8, 4) is 0 Å². The van der Waals surface area contributed by atoms with E-state index in [1.807, 2.05) is 4.90 Å². The summed E-state index contributed by atoms with van der Waals surface area (Å²) >= 11 is 12.7. The van der Waals surface area contributed by atoms with Crippen LogP contribution in [0.1, 0.15) is 18.9 Å². The quantitative estimate of drug-likeness (QED) is 0.605. The van der Waals surface area contributed by atoms with Crippen molar-refractivity contribution in [1.82, 2.24) is 14.7 Å². The van der Waals surface area contributed by atoms with E-state index in [2.05, 4.69) is 10.4 Å². The van der Waals surface area contributed by atoms with Crippen molar-refractivity contribution in [2.45, 2.75) is 30.5 Å². The number of imide groups is 1.